The van der Waals surface area contributed by atoms with E-state index in [0.717, 1.165) is 12.7 Å². The molecule has 1 aromatic carbocycles. The number of hydrogen-bond donors (Lipinski definition) is 5. The zero-order chi connectivity index (χ0) is 27.1. The molecule has 1 aromatic rings. The first-order valence-electron chi connectivity index (χ1n) is 11.2. The van der Waals surface area contributed by atoms with Gasteiger partial charge < -0.3 is 31.5 Å². The summed E-state index contributed by atoms with van der Waals surface area (Å²) in [6.45, 7) is 9.92. The number of carbonyl (C=O) groups is 3. The van der Waals surface area contributed by atoms with Gasteiger partial charge in [-0.25, -0.2) is 0 Å². The SMILES string of the molecule is C#C.CC.CC(N)C(=O)N1CCC=C1C(=O)NCC(=O)Nc1ccc(CO)cc1.CCC.CO.[W]. The summed E-state index contributed by atoms with van der Waals surface area (Å²) in [7, 11) is 1.00. The first kappa shape index (κ1) is 39.7. The molecule has 1 atom stereocenters. The number of nitrogens with two attached hydrogens (primary N) is 1. The molecule has 0 aromatic heterocycles. The number of amides is 3. The number of aliphatic hydroxyl groups excluding tert-OH is 2. The molecule has 0 fully saturated rings. The summed E-state index contributed by atoms with van der Waals surface area (Å²) in [6, 6.07) is 6.01. The van der Waals surface area contributed by atoms with Crippen LogP contribution in [0.2, 0.25) is 0 Å². The van der Waals surface area contributed by atoms with Crippen molar-refractivity contribution in [3.05, 3.63) is 41.6 Å². The second kappa shape index (κ2) is 26.1. The molecule has 6 N–H and O–H groups in total. The van der Waals surface area contributed by atoms with E-state index in [-0.39, 0.29) is 45.8 Å². The van der Waals surface area contributed by atoms with Crippen molar-refractivity contribution >= 4 is 23.4 Å². The average Bonchev–Trinajstić information content (AvgIpc) is 3.37. The van der Waals surface area contributed by atoms with E-state index in [1.807, 2.05) is 13.8 Å². The van der Waals surface area contributed by atoms with Crippen molar-refractivity contribution in [2.45, 2.75) is 60.1 Å². The normalized spacial score (nSPS) is 11.4. The molecule has 0 radical (unpaired) electrons. The molecule has 35 heavy (non-hydrogen) atoms. The van der Waals surface area contributed by atoms with Crippen molar-refractivity contribution in [1.29, 1.82) is 0 Å². The zero-order valence-electron chi connectivity index (χ0n) is 21.7. The molecule has 10 heteroatoms. The first-order valence-corrected chi connectivity index (χ1v) is 11.2. The van der Waals surface area contributed by atoms with Gasteiger partial charge in [0.1, 0.15) is 5.70 Å². The molecule has 1 aliphatic rings. The van der Waals surface area contributed by atoms with Crippen LogP contribution in [0.5, 0.6) is 0 Å². The monoisotopic (exact) mass is 662 g/mol. The van der Waals surface area contributed by atoms with Crippen LogP contribution in [0.4, 0.5) is 5.69 Å². The molecule has 0 spiro atoms. The minimum atomic E-state index is -0.695. The quantitative estimate of drug-likeness (QED) is 0.295. The van der Waals surface area contributed by atoms with E-state index in [1.165, 1.54) is 11.3 Å². The Morgan fingerprint density at radius 3 is 2.03 bits per heavy atom. The van der Waals surface area contributed by atoms with E-state index in [9.17, 15) is 14.4 Å². The number of terminal acetylenes is 1. The largest absolute Gasteiger partial charge is 0.400 e. The van der Waals surface area contributed by atoms with Crippen molar-refractivity contribution in [2.24, 2.45) is 5.73 Å². The maximum atomic E-state index is 12.2. The number of anilines is 1. The van der Waals surface area contributed by atoms with Crippen molar-refractivity contribution < 1.29 is 45.7 Å². The Kier molecular flexibility index (Phi) is 29.6. The summed E-state index contributed by atoms with van der Waals surface area (Å²) in [5.74, 6) is -1.21. The molecule has 1 unspecified atom stereocenters. The third-order valence-corrected chi connectivity index (χ3v) is 3.70. The topological polar surface area (TPSA) is 145 Å². The van der Waals surface area contributed by atoms with Gasteiger partial charge in [0, 0.05) is 40.4 Å². The molecule has 1 heterocycles. The molecule has 0 aliphatic carbocycles. The van der Waals surface area contributed by atoms with E-state index in [2.05, 4.69) is 37.3 Å². The summed E-state index contributed by atoms with van der Waals surface area (Å²) in [6.07, 6.45) is 11.5. The minimum Gasteiger partial charge on any atom is -0.400 e. The molecular weight excluding hydrogens is 620 g/mol. The van der Waals surface area contributed by atoms with Crippen LogP contribution in [0.25, 0.3) is 0 Å². The van der Waals surface area contributed by atoms with Gasteiger partial charge in [0.25, 0.3) is 5.91 Å². The standard InChI is InChI=1S/C17H22N4O4.C3H8.C2H6.C2H2.CH4O.W/c1-11(18)17(25)21-8-2-3-14(21)16(24)19-9-15(23)20-13-6-4-12(10-22)5-7-13;1-3-2;3*1-2;/h3-7,11,22H,2,8-10,18H2,1H3,(H,19,24)(H,20,23);3H2,1-2H3;1-2H3;1-2H;2H,1H3;. The predicted molar refractivity (Wildman–Crippen MR) is 137 cm³/mol. The molecule has 1 aliphatic heterocycles. The predicted octanol–water partition coefficient (Wildman–Crippen LogP) is 1.99. The Balaban J connectivity index is -0.000000427. The first-order chi connectivity index (χ1) is 16.3. The van der Waals surface area contributed by atoms with E-state index in [1.54, 1.807) is 37.3 Å². The Labute approximate surface area is 224 Å². The van der Waals surface area contributed by atoms with Gasteiger partial charge in [-0.1, -0.05) is 52.3 Å². The van der Waals surface area contributed by atoms with E-state index >= 15 is 0 Å². The summed E-state index contributed by atoms with van der Waals surface area (Å²) in [5.41, 5.74) is 7.10. The molecule has 198 valence electrons. The Morgan fingerprint density at radius 2 is 1.60 bits per heavy atom. The second-order valence-corrected chi connectivity index (χ2v) is 6.45. The second-order valence-electron chi connectivity index (χ2n) is 6.45. The van der Waals surface area contributed by atoms with Crippen LogP contribution in [0, 0.1) is 12.8 Å². The molecule has 9 nitrogen and oxygen atoms in total. The smallest absolute Gasteiger partial charge is 0.268 e. The van der Waals surface area contributed by atoms with Crippen LogP contribution in [0.3, 0.4) is 0 Å². The van der Waals surface area contributed by atoms with Gasteiger partial charge in [-0.15, -0.1) is 12.8 Å². The number of nitrogens with one attached hydrogen (secondary N) is 2. The third kappa shape index (κ3) is 16.7. The number of aliphatic hydroxyl groups is 2. The fourth-order valence-corrected chi connectivity index (χ4v) is 2.40. The fraction of sp³-hybridized carbons (Fsp3) is 0.480. The summed E-state index contributed by atoms with van der Waals surface area (Å²) >= 11 is 0. The van der Waals surface area contributed by atoms with Gasteiger partial charge in [0.05, 0.1) is 19.2 Å². The summed E-state index contributed by atoms with van der Waals surface area (Å²) in [5, 5.41) is 21.1. The Morgan fingerprint density at radius 1 is 1.11 bits per heavy atom. The van der Waals surface area contributed by atoms with E-state index in [4.69, 9.17) is 15.9 Å². The number of nitrogens with zero attached hydrogens (tertiary/aromatic N) is 1. The molecule has 0 saturated carbocycles. The number of carbonyl (C=O) groups excluding carboxylic acids is 3. The van der Waals surface area contributed by atoms with Crippen LogP contribution >= 0.6 is 0 Å². The van der Waals surface area contributed by atoms with Gasteiger partial charge in [-0.05, 0) is 31.0 Å². The van der Waals surface area contributed by atoms with Gasteiger partial charge >= 0.3 is 0 Å². The van der Waals surface area contributed by atoms with Gasteiger partial charge in [0.15, 0.2) is 0 Å². The summed E-state index contributed by atoms with van der Waals surface area (Å²) < 4.78 is 0. The maximum absolute atomic E-state index is 12.2. The Hall–Kier alpha value is -2.50. The number of hydrogen-bond acceptors (Lipinski definition) is 6. The number of rotatable bonds is 6. The molecule has 3 amide bonds. The minimum absolute atomic E-state index is 0. The zero-order valence-corrected chi connectivity index (χ0v) is 24.6. The maximum Gasteiger partial charge on any atom is 0.268 e. The van der Waals surface area contributed by atoms with Gasteiger partial charge in [0.2, 0.25) is 11.8 Å². The van der Waals surface area contributed by atoms with Crippen molar-refractivity contribution in [1.82, 2.24) is 10.2 Å². The molecule has 0 saturated heterocycles. The van der Waals surface area contributed by atoms with E-state index < -0.39 is 17.9 Å². The van der Waals surface area contributed by atoms with Crippen molar-refractivity contribution in [3.8, 4) is 12.8 Å². The van der Waals surface area contributed by atoms with Crippen LogP contribution in [-0.2, 0) is 42.1 Å². The third-order valence-electron chi connectivity index (χ3n) is 3.70. The van der Waals surface area contributed by atoms with E-state index in [0.29, 0.717) is 18.7 Å². The van der Waals surface area contributed by atoms with Gasteiger partial charge in [-0.3, -0.25) is 14.4 Å². The Bertz CT molecular complexity index is 750. The van der Waals surface area contributed by atoms with Crippen LogP contribution in [0.1, 0.15) is 53.0 Å². The van der Waals surface area contributed by atoms with Crippen LogP contribution in [-0.4, -0.2) is 59.1 Å². The van der Waals surface area contributed by atoms with Crippen LogP contribution in [0.15, 0.2) is 36.0 Å². The molecular formula is C25H42N4O5W. The van der Waals surface area contributed by atoms with Crippen molar-refractivity contribution in [3.63, 3.8) is 0 Å². The fourth-order valence-electron chi connectivity index (χ4n) is 2.40. The summed E-state index contributed by atoms with van der Waals surface area (Å²) in [4.78, 5) is 37.4. The van der Waals surface area contributed by atoms with Crippen molar-refractivity contribution in [2.75, 3.05) is 25.5 Å². The molecule has 0 bridgehead atoms. The number of benzene rings is 1. The molecule has 2 rings (SSSR count). The van der Waals surface area contributed by atoms with Crippen LogP contribution < -0.4 is 16.4 Å². The average molecular weight is 662 g/mol. The van der Waals surface area contributed by atoms with Gasteiger partial charge in [-0.2, -0.15) is 0 Å².